The molecule has 0 spiro atoms. The van der Waals surface area contributed by atoms with Gasteiger partial charge in [-0.05, 0) is 56.6 Å². The molecule has 1 saturated heterocycles. The maximum atomic E-state index is 14.8. The summed E-state index contributed by atoms with van der Waals surface area (Å²) in [6, 6.07) is 9.47. The second kappa shape index (κ2) is 10.9. The maximum Gasteiger partial charge on any atom is 0.261 e. The van der Waals surface area contributed by atoms with Crippen LogP contribution in [0, 0.1) is 17.1 Å². The quantitative estimate of drug-likeness (QED) is 0.369. The van der Waals surface area contributed by atoms with Crippen LogP contribution in [-0.2, 0) is 4.74 Å². The second-order valence-electron chi connectivity index (χ2n) is 8.85. The topological polar surface area (TPSA) is 92.4 Å². The molecule has 1 aliphatic heterocycles. The van der Waals surface area contributed by atoms with E-state index in [4.69, 9.17) is 9.47 Å². The lowest BCUT2D eigenvalue weighted by atomic mass is 9.92. The van der Waals surface area contributed by atoms with Gasteiger partial charge in [-0.25, -0.2) is 13.7 Å². The minimum Gasteiger partial charge on any atom is -0.453 e. The van der Waals surface area contributed by atoms with Crippen molar-refractivity contribution in [2.75, 3.05) is 24.9 Å². The molecule has 36 heavy (non-hydrogen) atoms. The van der Waals surface area contributed by atoms with Crippen molar-refractivity contribution < 1.29 is 13.9 Å². The molecule has 0 saturated carbocycles. The van der Waals surface area contributed by atoms with E-state index in [0.29, 0.717) is 23.2 Å². The summed E-state index contributed by atoms with van der Waals surface area (Å²) < 4.78 is 33.3. The minimum absolute atomic E-state index is 0.0364. The van der Waals surface area contributed by atoms with Gasteiger partial charge in [0.1, 0.15) is 17.4 Å². The minimum atomic E-state index is -0.673. The Morgan fingerprint density at radius 2 is 2.11 bits per heavy atom. The number of aromatic nitrogens is 2. The van der Waals surface area contributed by atoms with E-state index in [0.717, 1.165) is 25.8 Å². The molecule has 0 aliphatic carbocycles. The van der Waals surface area contributed by atoms with Crippen molar-refractivity contribution in [3.63, 3.8) is 0 Å². The van der Waals surface area contributed by atoms with Crippen LogP contribution in [0.25, 0.3) is 10.9 Å². The number of hydrogen-bond donors (Lipinski definition) is 1. The van der Waals surface area contributed by atoms with E-state index in [9.17, 15) is 14.4 Å². The fourth-order valence-corrected chi connectivity index (χ4v) is 4.90. The molecule has 3 aromatic rings. The molecule has 1 aliphatic rings. The van der Waals surface area contributed by atoms with Crippen molar-refractivity contribution in [1.82, 2.24) is 13.9 Å². The highest BCUT2D eigenvalue weighted by Crippen LogP contribution is 2.38. The Kier molecular flexibility index (Phi) is 7.83. The normalized spacial score (nSPS) is 16.9. The Morgan fingerprint density at radius 1 is 1.33 bits per heavy atom. The first kappa shape index (κ1) is 25.9. The van der Waals surface area contributed by atoms with Gasteiger partial charge in [0.05, 0.1) is 41.2 Å². The molecule has 0 bridgehead atoms. The van der Waals surface area contributed by atoms with Crippen molar-refractivity contribution >= 4 is 28.7 Å². The van der Waals surface area contributed by atoms with Crippen LogP contribution in [0.2, 0.25) is 0 Å². The Bertz CT molecular complexity index is 1350. The van der Waals surface area contributed by atoms with Crippen LogP contribution in [0.1, 0.15) is 51.6 Å². The van der Waals surface area contributed by atoms with Gasteiger partial charge in [-0.3, -0.25) is 9.36 Å². The van der Waals surface area contributed by atoms with Gasteiger partial charge in [0, 0.05) is 18.7 Å². The lowest BCUT2D eigenvalue weighted by molar-refractivity contribution is -0.00268. The lowest BCUT2D eigenvalue weighted by Gasteiger charge is -2.25. The third kappa shape index (κ3) is 5.05. The highest BCUT2D eigenvalue weighted by atomic mass is 32.2. The number of nitriles is 1. The van der Waals surface area contributed by atoms with Crippen molar-refractivity contribution in [2.24, 2.45) is 0 Å². The molecule has 1 unspecified atom stereocenters. The van der Waals surface area contributed by atoms with Gasteiger partial charge in [-0.1, -0.05) is 20.8 Å². The Hall–Kier alpha value is -3.13. The molecule has 8 nitrogen and oxygen atoms in total. The highest BCUT2D eigenvalue weighted by Gasteiger charge is 2.38. The van der Waals surface area contributed by atoms with Gasteiger partial charge in [0.2, 0.25) is 0 Å². The molecule has 2 aromatic carbocycles. The van der Waals surface area contributed by atoms with Gasteiger partial charge in [-0.2, -0.15) is 5.26 Å². The molecule has 1 aromatic heterocycles. The standard InChI is InChI=1S/C26H30FN5O3S/c1-5-26(6-2)13-17(15-34-26)32-16-29-22-10-8-18(12-19(22)25(32)33)35-24-20(14-28)23(11-9-21(24)27)30-36-31(4)7-3/h8-12,16-17,30H,5-7,13,15H2,1-4H3. The van der Waals surface area contributed by atoms with Gasteiger partial charge >= 0.3 is 0 Å². The molecule has 0 radical (unpaired) electrons. The van der Waals surface area contributed by atoms with Crippen LogP contribution in [-0.4, -0.2) is 39.7 Å². The third-order valence-corrected chi connectivity index (χ3v) is 7.70. The first-order valence-corrected chi connectivity index (χ1v) is 12.8. The van der Waals surface area contributed by atoms with E-state index in [-0.39, 0.29) is 34.3 Å². The van der Waals surface area contributed by atoms with Crippen molar-refractivity contribution in [3.8, 4) is 17.6 Å². The van der Waals surface area contributed by atoms with Crippen LogP contribution in [0.15, 0.2) is 41.5 Å². The summed E-state index contributed by atoms with van der Waals surface area (Å²) in [5, 5.41) is 10.1. The van der Waals surface area contributed by atoms with E-state index in [1.807, 2.05) is 24.3 Å². The fourth-order valence-electron chi connectivity index (χ4n) is 4.34. The number of benzene rings is 2. The summed E-state index contributed by atoms with van der Waals surface area (Å²) in [7, 11) is 1.89. The smallest absolute Gasteiger partial charge is 0.261 e. The number of nitrogens with one attached hydrogen (secondary N) is 1. The molecule has 190 valence electrons. The number of anilines is 1. The molecule has 0 amide bonds. The van der Waals surface area contributed by atoms with E-state index >= 15 is 0 Å². The number of ether oxygens (including phenoxy) is 2. The van der Waals surface area contributed by atoms with Crippen LogP contribution in [0.5, 0.6) is 11.5 Å². The predicted octanol–water partition coefficient (Wildman–Crippen LogP) is 5.65. The summed E-state index contributed by atoms with van der Waals surface area (Å²) in [6.07, 6.45) is 4.06. The average Bonchev–Trinajstić information content (AvgIpc) is 3.34. The molecule has 1 fully saturated rings. The van der Waals surface area contributed by atoms with Gasteiger partial charge in [0.15, 0.2) is 11.6 Å². The van der Waals surface area contributed by atoms with Crippen LogP contribution < -0.4 is 15.0 Å². The molecular weight excluding hydrogens is 481 g/mol. The van der Waals surface area contributed by atoms with Crippen LogP contribution >= 0.6 is 12.1 Å². The summed E-state index contributed by atoms with van der Waals surface area (Å²) in [5.41, 5.74) is 0.542. The zero-order chi connectivity index (χ0) is 25.9. The molecule has 1 N–H and O–H groups in total. The van der Waals surface area contributed by atoms with E-state index in [1.54, 1.807) is 29.1 Å². The van der Waals surface area contributed by atoms with Crippen LogP contribution in [0.4, 0.5) is 10.1 Å². The third-order valence-electron chi connectivity index (χ3n) is 6.82. The first-order chi connectivity index (χ1) is 17.3. The van der Waals surface area contributed by atoms with E-state index < -0.39 is 5.82 Å². The summed E-state index contributed by atoms with van der Waals surface area (Å²) in [4.78, 5) is 17.9. The maximum absolute atomic E-state index is 14.8. The average molecular weight is 512 g/mol. The number of hydrogen-bond acceptors (Lipinski definition) is 8. The van der Waals surface area contributed by atoms with Crippen molar-refractivity contribution in [2.45, 2.75) is 51.7 Å². The van der Waals surface area contributed by atoms with Crippen molar-refractivity contribution in [3.05, 3.63) is 58.4 Å². The second-order valence-corrected chi connectivity index (χ2v) is 9.86. The molecular formula is C26H30FN5O3S. The number of rotatable bonds is 9. The molecule has 4 rings (SSSR count). The van der Waals surface area contributed by atoms with E-state index in [2.05, 4.69) is 23.6 Å². The zero-order valence-electron chi connectivity index (χ0n) is 20.9. The van der Waals surface area contributed by atoms with Crippen molar-refractivity contribution in [1.29, 1.82) is 5.26 Å². The number of halogens is 1. The predicted molar refractivity (Wildman–Crippen MR) is 140 cm³/mol. The molecule has 1 atom stereocenters. The summed E-state index contributed by atoms with van der Waals surface area (Å²) >= 11 is 1.29. The Labute approximate surface area is 214 Å². The summed E-state index contributed by atoms with van der Waals surface area (Å²) in [6.45, 7) is 7.41. The first-order valence-electron chi connectivity index (χ1n) is 12.0. The van der Waals surface area contributed by atoms with Gasteiger partial charge in [-0.15, -0.1) is 0 Å². The SMILES string of the molecule is CCN(C)SNc1ccc(F)c(Oc2ccc3ncn(C4COC(CC)(CC)C4)c(=O)c3c2)c1C#N. The largest absolute Gasteiger partial charge is 0.453 e. The van der Waals surface area contributed by atoms with Gasteiger partial charge < -0.3 is 14.2 Å². The zero-order valence-corrected chi connectivity index (χ0v) is 21.7. The Morgan fingerprint density at radius 3 is 2.78 bits per heavy atom. The highest BCUT2D eigenvalue weighted by molar-refractivity contribution is 7.98. The fraction of sp³-hybridized carbons (Fsp3) is 0.423. The summed E-state index contributed by atoms with van der Waals surface area (Å²) in [5.74, 6) is -0.636. The van der Waals surface area contributed by atoms with Crippen LogP contribution in [0.3, 0.4) is 0 Å². The molecule has 2 heterocycles. The monoisotopic (exact) mass is 511 g/mol. The lowest BCUT2D eigenvalue weighted by Crippen LogP contribution is -2.28. The molecule has 10 heteroatoms. The number of nitrogens with zero attached hydrogens (tertiary/aromatic N) is 4. The number of fused-ring (bicyclic) bond motifs is 1. The van der Waals surface area contributed by atoms with Gasteiger partial charge in [0.25, 0.3) is 5.56 Å². The van der Waals surface area contributed by atoms with E-state index in [1.165, 1.54) is 24.3 Å². The Balaban J connectivity index is 1.66.